The molecular weight excluding hydrogens is 354 g/mol. The van der Waals surface area contributed by atoms with Gasteiger partial charge in [0.15, 0.2) is 0 Å². The van der Waals surface area contributed by atoms with Crippen LogP contribution >= 0.6 is 27.7 Å². The summed E-state index contributed by atoms with van der Waals surface area (Å²) < 4.78 is 0.813. The van der Waals surface area contributed by atoms with E-state index in [2.05, 4.69) is 31.5 Å². The third-order valence-electron chi connectivity index (χ3n) is 2.83. The second kappa shape index (κ2) is 5.87. The quantitative estimate of drug-likeness (QED) is 0.859. The normalized spacial score (nSPS) is 13.3. The van der Waals surface area contributed by atoms with Crippen LogP contribution in [0.25, 0.3) is 0 Å². The van der Waals surface area contributed by atoms with Crippen molar-refractivity contribution in [3.63, 3.8) is 0 Å². The van der Waals surface area contributed by atoms with Gasteiger partial charge in [-0.2, -0.15) is 0 Å². The number of amides is 2. The lowest BCUT2D eigenvalue weighted by Gasteiger charge is -2.17. The van der Waals surface area contributed by atoms with Gasteiger partial charge in [-0.1, -0.05) is 0 Å². The van der Waals surface area contributed by atoms with Gasteiger partial charge in [-0.05, 0) is 46.3 Å². The summed E-state index contributed by atoms with van der Waals surface area (Å²) in [6.45, 7) is 0. The number of pyridine rings is 1. The number of halogens is 1. The second-order valence-electron chi connectivity index (χ2n) is 4.36. The van der Waals surface area contributed by atoms with E-state index >= 15 is 0 Å². The maximum atomic E-state index is 12.1. The van der Waals surface area contributed by atoms with Crippen molar-refractivity contribution in [2.45, 2.75) is 4.90 Å². The van der Waals surface area contributed by atoms with E-state index in [0.29, 0.717) is 17.1 Å². The molecule has 5 nitrogen and oxygen atoms in total. The fraction of sp³-hybridized carbons (Fsp3) is 0.0714. The molecule has 1 aliphatic rings. The lowest BCUT2D eigenvalue weighted by molar-refractivity contribution is -0.113. The zero-order chi connectivity index (χ0) is 14.8. The highest BCUT2D eigenvalue weighted by molar-refractivity contribution is 9.10. The van der Waals surface area contributed by atoms with Crippen LogP contribution < -0.4 is 10.6 Å². The molecule has 2 aromatic rings. The lowest BCUT2D eigenvalue weighted by atomic mass is 10.2. The van der Waals surface area contributed by atoms with Crippen molar-refractivity contribution in [1.82, 2.24) is 4.98 Å². The first kappa shape index (κ1) is 14.1. The van der Waals surface area contributed by atoms with Crippen molar-refractivity contribution in [3.8, 4) is 0 Å². The molecule has 0 unspecified atom stereocenters. The molecule has 1 aromatic heterocycles. The van der Waals surface area contributed by atoms with E-state index in [4.69, 9.17) is 0 Å². The predicted octanol–water partition coefficient (Wildman–Crippen LogP) is 3.14. The van der Waals surface area contributed by atoms with E-state index in [0.717, 1.165) is 15.1 Å². The Morgan fingerprint density at radius 2 is 2.19 bits per heavy atom. The van der Waals surface area contributed by atoms with Crippen LogP contribution in [-0.2, 0) is 4.79 Å². The van der Waals surface area contributed by atoms with Crippen LogP contribution in [0.3, 0.4) is 0 Å². The van der Waals surface area contributed by atoms with Gasteiger partial charge in [0.1, 0.15) is 5.69 Å². The summed E-state index contributed by atoms with van der Waals surface area (Å²) in [6, 6.07) is 8.82. The molecule has 21 heavy (non-hydrogen) atoms. The summed E-state index contributed by atoms with van der Waals surface area (Å²) in [7, 11) is 0. The molecule has 2 N–H and O–H groups in total. The molecule has 1 aromatic carbocycles. The Balaban J connectivity index is 1.79. The lowest BCUT2D eigenvalue weighted by Crippen LogP contribution is -2.19. The van der Waals surface area contributed by atoms with Crippen LogP contribution in [0.15, 0.2) is 45.9 Å². The first-order valence-electron chi connectivity index (χ1n) is 6.11. The van der Waals surface area contributed by atoms with Crippen molar-refractivity contribution in [1.29, 1.82) is 0 Å². The van der Waals surface area contributed by atoms with Gasteiger partial charge >= 0.3 is 0 Å². The Hall–Kier alpha value is -1.86. The Morgan fingerprint density at radius 3 is 2.95 bits per heavy atom. The standard InChI is InChI=1S/C14H10BrN3O2S/c15-8-1-3-10(16-6-8)14(20)17-9-2-4-12-11(5-9)18-13(19)7-21-12/h1-6H,7H2,(H,17,20)(H,18,19). The average molecular weight is 364 g/mol. The summed E-state index contributed by atoms with van der Waals surface area (Å²) in [5.41, 5.74) is 1.67. The number of carbonyl (C=O) groups is 2. The van der Waals surface area contributed by atoms with E-state index in [1.165, 1.54) is 11.8 Å². The highest BCUT2D eigenvalue weighted by Gasteiger charge is 2.16. The monoisotopic (exact) mass is 363 g/mol. The zero-order valence-corrected chi connectivity index (χ0v) is 13.1. The van der Waals surface area contributed by atoms with Crippen molar-refractivity contribution in [3.05, 3.63) is 46.7 Å². The fourth-order valence-corrected chi connectivity index (χ4v) is 2.89. The average Bonchev–Trinajstić information content (AvgIpc) is 2.47. The number of hydrogen-bond donors (Lipinski definition) is 2. The second-order valence-corrected chi connectivity index (χ2v) is 6.30. The number of aromatic nitrogens is 1. The van der Waals surface area contributed by atoms with Gasteiger partial charge in [-0.15, -0.1) is 11.8 Å². The van der Waals surface area contributed by atoms with Crippen LogP contribution in [0.4, 0.5) is 11.4 Å². The molecule has 106 valence electrons. The Kier molecular flexibility index (Phi) is 3.94. The molecular formula is C14H10BrN3O2S. The number of benzene rings is 1. The van der Waals surface area contributed by atoms with Crippen molar-refractivity contribution in [2.24, 2.45) is 0 Å². The minimum atomic E-state index is -0.294. The molecule has 0 saturated carbocycles. The Labute approximate surface area is 133 Å². The summed E-state index contributed by atoms with van der Waals surface area (Å²) in [4.78, 5) is 28.5. The molecule has 7 heteroatoms. The third kappa shape index (κ3) is 3.25. The van der Waals surface area contributed by atoms with Gasteiger partial charge in [0.25, 0.3) is 5.91 Å². The first-order chi connectivity index (χ1) is 10.1. The van der Waals surface area contributed by atoms with Gasteiger partial charge in [-0.25, -0.2) is 4.98 Å². The topological polar surface area (TPSA) is 71.1 Å². The zero-order valence-electron chi connectivity index (χ0n) is 10.7. The molecule has 0 saturated heterocycles. The maximum absolute atomic E-state index is 12.1. The SMILES string of the molecule is O=C1CSc2ccc(NC(=O)c3ccc(Br)cn3)cc2N1. The first-order valence-corrected chi connectivity index (χ1v) is 7.89. The number of thioether (sulfide) groups is 1. The largest absolute Gasteiger partial charge is 0.324 e. The highest BCUT2D eigenvalue weighted by Crippen LogP contribution is 2.33. The minimum absolute atomic E-state index is 0.0365. The molecule has 2 amide bonds. The van der Waals surface area contributed by atoms with E-state index in [-0.39, 0.29) is 11.8 Å². The van der Waals surface area contributed by atoms with Gasteiger partial charge in [0.2, 0.25) is 5.91 Å². The van der Waals surface area contributed by atoms with Crippen LogP contribution in [-0.4, -0.2) is 22.6 Å². The van der Waals surface area contributed by atoms with E-state index < -0.39 is 0 Å². The molecule has 0 spiro atoms. The summed E-state index contributed by atoms with van der Waals surface area (Å²) in [5, 5.41) is 5.55. The van der Waals surface area contributed by atoms with E-state index in [9.17, 15) is 9.59 Å². The molecule has 0 fully saturated rings. The molecule has 0 radical (unpaired) electrons. The van der Waals surface area contributed by atoms with Crippen LogP contribution in [0.5, 0.6) is 0 Å². The molecule has 1 aliphatic heterocycles. The molecule has 2 heterocycles. The van der Waals surface area contributed by atoms with Crippen molar-refractivity contribution in [2.75, 3.05) is 16.4 Å². The molecule has 0 bridgehead atoms. The fourth-order valence-electron chi connectivity index (χ4n) is 1.87. The Bertz CT molecular complexity index is 719. The summed E-state index contributed by atoms with van der Waals surface area (Å²) in [6.07, 6.45) is 1.57. The number of hydrogen-bond acceptors (Lipinski definition) is 4. The van der Waals surface area contributed by atoms with Gasteiger partial charge in [0, 0.05) is 21.3 Å². The van der Waals surface area contributed by atoms with Gasteiger partial charge < -0.3 is 10.6 Å². The van der Waals surface area contributed by atoms with Gasteiger partial charge in [0.05, 0.1) is 11.4 Å². The number of anilines is 2. The van der Waals surface area contributed by atoms with Crippen molar-refractivity contribution >= 4 is 50.9 Å². The van der Waals surface area contributed by atoms with Crippen LogP contribution in [0, 0.1) is 0 Å². The smallest absolute Gasteiger partial charge is 0.274 e. The minimum Gasteiger partial charge on any atom is -0.324 e. The highest BCUT2D eigenvalue weighted by atomic mass is 79.9. The Morgan fingerprint density at radius 1 is 1.33 bits per heavy atom. The number of nitrogens with zero attached hydrogens (tertiary/aromatic N) is 1. The summed E-state index contributed by atoms with van der Waals surface area (Å²) in [5.74, 6) is 0.0874. The maximum Gasteiger partial charge on any atom is 0.274 e. The van der Waals surface area contributed by atoms with E-state index in [1.54, 1.807) is 30.5 Å². The molecule has 3 rings (SSSR count). The van der Waals surface area contributed by atoms with Gasteiger partial charge in [-0.3, -0.25) is 9.59 Å². The number of carbonyl (C=O) groups excluding carboxylic acids is 2. The number of rotatable bonds is 2. The third-order valence-corrected chi connectivity index (χ3v) is 4.37. The van der Waals surface area contributed by atoms with Crippen LogP contribution in [0.1, 0.15) is 10.5 Å². The van der Waals surface area contributed by atoms with Crippen molar-refractivity contribution < 1.29 is 9.59 Å². The molecule has 0 atom stereocenters. The molecule has 0 aliphatic carbocycles. The summed E-state index contributed by atoms with van der Waals surface area (Å²) >= 11 is 4.75. The van der Waals surface area contributed by atoms with E-state index in [1.807, 2.05) is 6.07 Å². The van der Waals surface area contributed by atoms with Crippen LogP contribution in [0.2, 0.25) is 0 Å². The predicted molar refractivity (Wildman–Crippen MR) is 85.7 cm³/mol. The number of nitrogens with one attached hydrogen (secondary N) is 2. The number of fused-ring (bicyclic) bond motifs is 1.